The van der Waals surface area contributed by atoms with Crippen molar-refractivity contribution in [2.75, 3.05) is 26.2 Å². The fourth-order valence-corrected chi connectivity index (χ4v) is 10.0. The lowest BCUT2D eigenvalue weighted by Gasteiger charge is -2.14. The minimum absolute atomic E-state index is 0.871. The van der Waals surface area contributed by atoms with Gasteiger partial charge in [-0.05, 0) is 25.7 Å². The second kappa shape index (κ2) is 65.8. The summed E-state index contributed by atoms with van der Waals surface area (Å²) in [6, 6.07) is 0. The number of hydrogen-bond donors (Lipinski definition) is 2. The summed E-state index contributed by atoms with van der Waals surface area (Å²) in [7, 11) is 0. The Labute approximate surface area is 425 Å². The van der Waals surface area contributed by atoms with Gasteiger partial charge in [0.1, 0.15) is 0 Å². The molecule has 0 aromatic heterocycles. The Morgan fingerprint density at radius 2 is 0.239 bits per heavy atom. The Morgan fingerprint density at radius 3 is 0.343 bits per heavy atom. The maximum absolute atomic E-state index is 10.1. The molecule has 406 valence electrons. The van der Waals surface area contributed by atoms with Gasteiger partial charge >= 0.3 is 0 Å². The molecule has 0 saturated heterocycles. The highest BCUT2D eigenvalue weighted by Crippen LogP contribution is 2.17. The van der Waals surface area contributed by atoms with Gasteiger partial charge in [-0.25, -0.2) is 0 Å². The predicted molar refractivity (Wildman–Crippen MR) is 303 cm³/mol. The number of nitrogens with zero attached hydrogens (tertiary/aromatic N) is 2. The standard InChI is InChI=1S/C33H69NO.C30H63NO/c1-3-5-7-9-11-13-15-17-19-21-23-25-27-29-31-33-34(35)32-30-28-26-24-22-20-18-16-14-12-10-8-6-4-2;1-3-5-7-9-11-13-15-17-18-20-22-24-26-28-30-31(32)29-27-25-23-21-19-16-14-12-10-8-6-4-2/h35H,3-33H2,1-2H3;32H,3-30H2,1-2H3. The molecule has 0 spiro atoms. The molecular formula is C63H132N2O2. The molecule has 67 heavy (non-hydrogen) atoms. The van der Waals surface area contributed by atoms with Gasteiger partial charge in [-0.3, -0.25) is 0 Å². The number of rotatable bonds is 59. The van der Waals surface area contributed by atoms with Crippen LogP contribution in [0.4, 0.5) is 0 Å². The molecule has 0 fully saturated rings. The first-order valence-corrected chi connectivity index (χ1v) is 32.0. The smallest absolute Gasteiger partial charge is 0.0238 e. The second-order valence-corrected chi connectivity index (χ2v) is 21.9. The lowest BCUT2D eigenvalue weighted by molar-refractivity contribution is -0.0926. The topological polar surface area (TPSA) is 46.9 Å². The zero-order valence-electron chi connectivity index (χ0n) is 47.5. The molecule has 2 N–H and O–H groups in total. The summed E-state index contributed by atoms with van der Waals surface area (Å²) in [5.41, 5.74) is 0. The summed E-state index contributed by atoms with van der Waals surface area (Å²) in [4.78, 5) is 0. The largest absolute Gasteiger partial charge is 0.314 e. The third kappa shape index (κ3) is 68.0. The zero-order valence-corrected chi connectivity index (χ0v) is 47.5. The van der Waals surface area contributed by atoms with Gasteiger partial charge in [0.15, 0.2) is 0 Å². The molecule has 0 atom stereocenters. The van der Waals surface area contributed by atoms with Gasteiger partial charge in [-0.2, -0.15) is 10.1 Å². The van der Waals surface area contributed by atoms with Crippen LogP contribution < -0.4 is 0 Å². The lowest BCUT2D eigenvalue weighted by Crippen LogP contribution is -2.21. The normalized spacial score (nSPS) is 11.6. The maximum atomic E-state index is 10.1. The van der Waals surface area contributed by atoms with Crippen LogP contribution in [0.5, 0.6) is 0 Å². The van der Waals surface area contributed by atoms with E-state index in [1.54, 1.807) is 10.1 Å². The lowest BCUT2D eigenvalue weighted by atomic mass is 10.0. The molecule has 0 heterocycles. The van der Waals surface area contributed by atoms with E-state index in [2.05, 4.69) is 27.7 Å². The van der Waals surface area contributed by atoms with Crippen molar-refractivity contribution in [2.24, 2.45) is 0 Å². The Morgan fingerprint density at radius 1 is 0.149 bits per heavy atom. The van der Waals surface area contributed by atoms with Crippen LogP contribution in [0.2, 0.25) is 0 Å². The number of unbranched alkanes of at least 4 members (excludes halogenated alkanes) is 51. The molecule has 0 bridgehead atoms. The molecule has 0 unspecified atom stereocenters. The van der Waals surface area contributed by atoms with Crippen LogP contribution in [-0.2, 0) is 0 Å². The SMILES string of the molecule is CCCCCCCCCCCCCCCCCN(O)CCCCCCCCCCCCCCCC.CCCCCCCCCCCCCCCCN(O)CCCCCCCCCCCCCC. The fraction of sp³-hybridized carbons (Fsp3) is 1.00. The maximum Gasteiger partial charge on any atom is 0.0238 e. The summed E-state index contributed by atoms with van der Waals surface area (Å²) >= 11 is 0. The molecule has 0 aliphatic rings. The average Bonchev–Trinajstić information content (AvgIpc) is 3.33. The Balaban J connectivity index is 0. The molecule has 0 aromatic carbocycles. The van der Waals surface area contributed by atoms with E-state index in [4.69, 9.17) is 0 Å². The molecule has 0 aromatic rings. The molecule has 0 saturated carbocycles. The van der Waals surface area contributed by atoms with E-state index in [9.17, 15) is 10.4 Å². The highest BCUT2D eigenvalue weighted by molar-refractivity contribution is 4.56. The molecule has 0 aliphatic carbocycles. The van der Waals surface area contributed by atoms with Gasteiger partial charge in [0, 0.05) is 26.2 Å². The monoisotopic (exact) mass is 949 g/mol. The Hall–Kier alpha value is -0.160. The van der Waals surface area contributed by atoms with Gasteiger partial charge < -0.3 is 10.4 Å². The first-order chi connectivity index (χ1) is 33.1. The van der Waals surface area contributed by atoms with Gasteiger partial charge in [-0.15, -0.1) is 0 Å². The number of hydroxylamine groups is 4. The van der Waals surface area contributed by atoms with Crippen molar-refractivity contribution in [2.45, 2.75) is 381 Å². The summed E-state index contributed by atoms with van der Waals surface area (Å²) in [5.74, 6) is 0. The van der Waals surface area contributed by atoms with E-state index in [-0.39, 0.29) is 0 Å². The van der Waals surface area contributed by atoms with Crippen molar-refractivity contribution < 1.29 is 10.4 Å². The molecule has 4 nitrogen and oxygen atoms in total. The third-order valence-corrected chi connectivity index (χ3v) is 14.8. The summed E-state index contributed by atoms with van der Waals surface area (Å²) < 4.78 is 0. The molecule has 0 rings (SSSR count). The highest BCUT2D eigenvalue weighted by atomic mass is 16.5. The van der Waals surface area contributed by atoms with Crippen LogP contribution in [0.25, 0.3) is 0 Å². The van der Waals surface area contributed by atoms with Gasteiger partial charge in [0.2, 0.25) is 0 Å². The first-order valence-electron chi connectivity index (χ1n) is 32.0. The highest BCUT2D eigenvalue weighted by Gasteiger charge is 2.03. The first kappa shape index (κ1) is 68.9. The van der Waals surface area contributed by atoms with E-state index in [1.807, 2.05) is 0 Å². The van der Waals surface area contributed by atoms with Gasteiger partial charge in [0.05, 0.1) is 0 Å². The van der Waals surface area contributed by atoms with Gasteiger partial charge in [0.25, 0.3) is 0 Å². The van der Waals surface area contributed by atoms with Crippen LogP contribution in [0.15, 0.2) is 0 Å². The van der Waals surface area contributed by atoms with Crippen LogP contribution in [0.3, 0.4) is 0 Å². The molecule has 0 aliphatic heterocycles. The average molecular weight is 950 g/mol. The van der Waals surface area contributed by atoms with E-state index in [0.29, 0.717) is 0 Å². The summed E-state index contributed by atoms with van der Waals surface area (Å²) in [5, 5.41) is 23.3. The van der Waals surface area contributed by atoms with Crippen molar-refractivity contribution in [1.82, 2.24) is 10.1 Å². The van der Waals surface area contributed by atoms with Crippen molar-refractivity contribution in [3.05, 3.63) is 0 Å². The van der Waals surface area contributed by atoms with E-state index >= 15 is 0 Å². The summed E-state index contributed by atoms with van der Waals surface area (Å²) in [6.45, 7) is 12.7. The van der Waals surface area contributed by atoms with Crippen molar-refractivity contribution in [3.63, 3.8) is 0 Å². The van der Waals surface area contributed by atoms with Crippen LogP contribution >= 0.6 is 0 Å². The second-order valence-electron chi connectivity index (χ2n) is 21.9. The van der Waals surface area contributed by atoms with Crippen molar-refractivity contribution in [3.8, 4) is 0 Å². The van der Waals surface area contributed by atoms with Gasteiger partial charge in [-0.1, -0.05) is 355 Å². The molecule has 0 radical (unpaired) electrons. The zero-order chi connectivity index (χ0) is 48.9. The Kier molecular flexibility index (Phi) is 67.7. The quantitative estimate of drug-likeness (QED) is 0.0471. The minimum atomic E-state index is 0.871. The number of hydrogen-bond acceptors (Lipinski definition) is 4. The van der Waals surface area contributed by atoms with Crippen molar-refractivity contribution >= 4 is 0 Å². The van der Waals surface area contributed by atoms with Crippen LogP contribution in [0, 0.1) is 0 Å². The predicted octanol–water partition coefficient (Wildman–Crippen LogP) is 22.9. The molecule has 0 amide bonds. The minimum Gasteiger partial charge on any atom is -0.314 e. The molecular weight excluding hydrogens is 817 g/mol. The van der Waals surface area contributed by atoms with E-state index in [1.165, 1.54) is 327 Å². The third-order valence-electron chi connectivity index (χ3n) is 14.8. The summed E-state index contributed by atoms with van der Waals surface area (Å²) in [6.07, 6.45) is 76.6. The van der Waals surface area contributed by atoms with E-state index < -0.39 is 0 Å². The fourth-order valence-electron chi connectivity index (χ4n) is 10.0. The van der Waals surface area contributed by atoms with Crippen LogP contribution in [-0.4, -0.2) is 46.7 Å². The van der Waals surface area contributed by atoms with E-state index in [0.717, 1.165) is 51.9 Å². The van der Waals surface area contributed by atoms with Crippen LogP contribution in [0.1, 0.15) is 381 Å². The molecule has 4 heteroatoms. The van der Waals surface area contributed by atoms with Crippen molar-refractivity contribution in [1.29, 1.82) is 0 Å². The Bertz CT molecular complexity index is 809.